The van der Waals surface area contributed by atoms with Crippen LogP contribution in [0.5, 0.6) is 5.75 Å². The molecule has 0 atom stereocenters. The summed E-state index contributed by atoms with van der Waals surface area (Å²) in [5.74, 6) is 0.522. The zero-order valence-electron chi connectivity index (χ0n) is 18.9. The molecule has 1 aliphatic heterocycles. The average Bonchev–Trinajstić information content (AvgIpc) is 2.98. The molecule has 1 aliphatic rings. The number of nitrogens with zero attached hydrogens (tertiary/aromatic N) is 2. The Kier molecular flexibility index (Phi) is 7.06. The fraction of sp³-hybridized carbons (Fsp3) is 0.565. The van der Waals surface area contributed by atoms with Gasteiger partial charge in [0.1, 0.15) is 23.5 Å². The van der Waals surface area contributed by atoms with Gasteiger partial charge in [-0.05, 0) is 71.7 Å². The maximum atomic E-state index is 13.0. The van der Waals surface area contributed by atoms with Crippen LogP contribution < -0.4 is 4.90 Å². The predicted octanol–water partition coefficient (Wildman–Crippen LogP) is 4.24. The van der Waals surface area contributed by atoms with Crippen molar-refractivity contribution in [2.75, 3.05) is 24.5 Å². The van der Waals surface area contributed by atoms with Crippen LogP contribution in [-0.2, 0) is 20.7 Å². The van der Waals surface area contributed by atoms with E-state index in [-0.39, 0.29) is 30.3 Å². The zero-order valence-corrected chi connectivity index (χ0v) is 18.9. The number of hydrogen-bond donors (Lipinski definition) is 1. The molecule has 0 aromatic heterocycles. The lowest BCUT2D eigenvalue weighted by atomic mass is 10.1. The van der Waals surface area contributed by atoms with Gasteiger partial charge in [0, 0.05) is 25.2 Å². The number of hydrogen-bond acceptors (Lipinski definition) is 5. The number of phenolic OH excluding ortho intramolecular Hbond substituents is 1. The summed E-state index contributed by atoms with van der Waals surface area (Å²) in [5, 5.41) is 9.66. The van der Waals surface area contributed by atoms with Gasteiger partial charge >= 0.3 is 6.09 Å². The van der Waals surface area contributed by atoms with Gasteiger partial charge in [-0.3, -0.25) is 9.69 Å². The summed E-state index contributed by atoms with van der Waals surface area (Å²) in [6.45, 7) is 15.7. The third-order valence-electron chi connectivity index (χ3n) is 4.35. The van der Waals surface area contributed by atoms with Crippen molar-refractivity contribution in [1.29, 1.82) is 0 Å². The molecule has 30 heavy (non-hydrogen) atoms. The summed E-state index contributed by atoms with van der Waals surface area (Å²) in [6, 6.07) is 4.96. The molecule has 166 valence electrons. The second kappa shape index (κ2) is 8.98. The van der Waals surface area contributed by atoms with E-state index in [9.17, 15) is 14.7 Å². The SMILES string of the molecule is C=C(CCN(CC(=O)N1CCc2cc(O)ccc21)C(=O)OC(C)(C)C)OC(C)(C)C. The predicted molar refractivity (Wildman–Crippen MR) is 117 cm³/mol. The van der Waals surface area contributed by atoms with E-state index in [0.717, 1.165) is 11.3 Å². The Balaban J connectivity index is 2.10. The smallest absolute Gasteiger partial charge is 0.410 e. The molecule has 1 heterocycles. The highest BCUT2D eigenvalue weighted by molar-refractivity contribution is 5.98. The van der Waals surface area contributed by atoms with Crippen LogP contribution in [0.1, 0.15) is 53.5 Å². The summed E-state index contributed by atoms with van der Waals surface area (Å²) in [7, 11) is 0. The van der Waals surface area contributed by atoms with Crippen molar-refractivity contribution in [3.63, 3.8) is 0 Å². The van der Waals surface area contributed by atoms with Crippen LogP contribution in [0.4, 0.5) is 10.5 Å². The number of fused-ring (bicyclic) bond motifs is 1. The molecule has 0 saturated heterocycles. The highest BCUT2D eigenvalue weighted by atomic mass is 16.6. The van der Waals surface area contributed by atoms with Gasteiger partial charge in [0.2, 0.25) is 5.91 Å². The highest BCUT2D eigenvalue weighted by Gasteiger charge is 2.30. The van der Waals surface area contributed by atoms with Gasteiger partial charge in [-0.15, -0.1) is 0 Å². The van der Waals surface area contributed by atoms with E-state index in [1.54, 1.807) is 43.9 Å². The van der Waals surface area contributed by atoms with Crippen LogP contribution in [0.3, 0.4) is 0 Å². The fourth-order valence-corrected chi connectivity index (χ4v) is 3.20. The fourth-order valence-electron chi connectivity index (χ4n) is 3.20. The lowest BCUT2D eigenvalue weighted by Crippen LogP contribution is -2.45. The minimum atomic E-state index is -0.672. The van der Waals surface area contributed by atoms with Gasteiger partial charge in [-0.1, -0.05) is 6.58 Å². The van der Waals surface area contributed by atoms with Crippen LogP contribution in [-0.4, -0.2) is 52.8 Å². The molecular formula is C23H34N2O5. The van der Waals surface area contributed by atoms with E-state index in [4.69, 9.17) is 9.47 Å². The average molecular weight is 419 g/mol. The van der Waals surface area contributed by atoms with Gasteiger partial charge in [0.15, 0.2) is 0 Å². The molecular weight excluding hydrogens is 384 g/mol. The summed E-state index contributed by atoms with van der Waals surface area (Å²) in [4.78, 5) is 28.8. The third-order valence-corrected chi connectivity index (χ3v) is 4.35. The van der Waals surface area contributed by atoms with Gasteiger partial charge in [0.25, 0.3) is 0 Å². The quantitative estimate of drug-likeness (QED) is 0.699. The lowest BCUT2D eigenvalue weighted by Gasteiger charge is -2.29. The summed E-state index contributed by atoms with van der Waals surface area (Å²) >= 11 is 0. The lowest BCUT2D eigenvalue weighted by molar-refractivity contribution is -0.119. The van der Waals surface area contributed by atoms with Crippen molar-refractivity contribution >= 4 is 17.7 Å². The molecule has 0 unspecified atom stereocenters. The molecule has 0 aliphatic carbocycles. The monoisotopic (exact) mass is 418 g/mol. The van der Waals surface area contributed by atoms with E-state index in [1.807, 2.05) is 20.8 Å². The number of rotatable bonds is 6. The van der Waals surface area contributed by atoms with E-state index in [2.05, 4.69) is 6.58 Å². The Bertz CT molecular complexity index is 805. The third kappa shape index (κ3) is 6.97. The van der Waals surface area contributed by atoms with Gasteiger partial charge < -0.3 is 19.5 Å². The number of carbonyl (C=O) groups is 2. The molecule has 0 bridgehead atoms. The first-order chi connectivity index (χ1) is 13.7. The summed E-state index contributed by atoms with van der Waals surface area (Å²) < 4.78 is 11.2. The molecule has 2 amide bonds. The molecule has 7 heteroatoms. The van der Waals surface area contributed by atoms with Crippen molar-refractivity contribution in [2.45, 2.75) is 65.6 Å². The summed E-state index contributed by atoms with van der Waals surface area (Å²) in [6.07, 6.45) is 0.511. The minimum absolute atomic E-state index is 0.113. The molecule has 1 aromatic carbocycles. The Hall–Kier alpha value is -2.70. The van der Waals surface area contributed by atoms with E-state index in [1.165, 1.54) is 4.90 Å². The van der Waals surface area contributed by atoms with Gasteiger partial charge in [0.05, 0.1) is 5.76 Å². The molecule has 7 nitrogen and oxygen atoms in total. The molecule has 2 rings (SSSR count). The first kappa shape index (κ1) is 23.6. The molecule has 0 spiro atoms. The normalized spacial score (nSPS) is 13.6. The van der Waals surface area contributed by atoms with E-state index < -0.39 is 11.7 Å². The number of amides is 2. The van der Waals surface area contributed by atoms with Crippen LogP contribution in [0, 0.1) is 0 Å². The van der Waals surface area contributed by atoms with Crippen LogP contribution >= 0.6 is 0 Å². The molecule has 0 saturated carbocycles. The Morgan fingerprint density at radius 2 is 1.77 bits per heavy atom. The topological polar surface area (TPSA) is 79.3 Å². The Morgan fingerprint density at radius 1 is 1.13 bits per heavy atom. The van der Waals surface area contributed by atoms with Crippen molar-refractivity contribution < 1.29 is 24.2 Å². The van der Waals surface area contributed by atoms with Crippen molar-refractivity contribution in [1.82, 2.24) is 4.90 Å². The summed E-state index contributed by atoms with van der Waals surface area (Å²) in [5.41, 5.74) is 0.630. The van der Waals surface area contributed by atoms with Crippen LogP contribution in [0.15, 0.2) is 30.5 Å². The van der Waals surface area contributed by atoms with Crippen molar-refractivity contribution in [3.8, 4) is 5.75 Å². The van der Waals surface area contributed by atoms with Crippen LogP contribution in [0.25, 0.3) is 0 Å². The first-order valence-electron chi connectivity index (χ1n) is 10.2. The largest absolute Gasteiger partial charge is 0.508 e. The Morgan fingerprint density at radius 3 is 2.37 bits per heavy atom. The number of ether oxygens (including phenoxy) is 2. The minimum Gasteiger partial charge on any atom is -0.508 e. The van der Waals surface area contributed by atoms with Gasteiger partial charge in [-0.2, -0.15) is 0 Å². The maximum absolute atomic E-state index is 13.0. The second-order valence-electron chi connectivity index (χ2n) is 9.51. The number of aromatic hydroxyl groups is 1. The van der Waals surface area contributed by atoms with Gasteiger partial charge in [-0.25, -0.2) is 4.79 Å². The second-order valence-corrected chi connectivity index (χ2v) is 9.51. The number of anilines is 1. The highest BCUT2D eigenvalue weighted by Crippen LogP contribution is 2.31. The molecule has 0 fully saturated rings. The zero-order chi connectivity index (χ0) is 22.7. The first-order valence-corrected chi connectivity index (χ1v) is 10.2. The standard InChI is InChI=1S/C23H34N2O5/c1-16(29-22(2,3)4)10-12-24(21(28)30-23(5,6)7)15-20(27)25-13-11-17-14-18(26)8-9-19(17)25/h8-9,14,26H,1,10-13,15H2,2-7H3. The van der Waals surface area contributed by atoms with Crippen molar-refractivity contribution in [3.05, 3.63) is 36.1 Å². The van der Waals surface area contributed by atoms with E-state index >= 15 is 0 Å². The number of phenols is 1. The Labute approximate surface area is 179 Å². The van der Waals surface area contributed by atoms with E-state index in [0.29, 0.717) is 25.1 Å². The molecule has 0 radical (unpaired) electrons. The molecule has 1 N–H and O–H groups in total. The number of carbonyl (C=O) groups excluding carboxylic acids is 2. The molecule has 1 aromatic rings. The maximum Gasteiger partial charge on any atom is 0.410 e. The number of benzene rings is 1. The van der Waals surface area contributed by atoms with Crippen molar-refractivity contribution in [2.24, 2.45) is 0 Å². The van der Waals surface area contributed by atoms with Crippen LogP contribution in [0.2, 0.25) is 0 Å².